The molecule has 1 aliphatic heterocycles. The number of benzene rings is 1. The van der Waals surface area contributed by atoms with E-state index in [9.17, 15) is 4.79 Å². The molecule has 1 aromatic carbocycles. The van der Waals surface area contributed by atoms with Crippen LogP contribution in [0.3, 0.4) is 0 Å². The van der Waals surface area contributed by atoms with Crippen LogP contribution in [-0.4, -0.2) is 71.4 Å². The fourth-order valence-corrected chi connectivity index (χ4v) is 4.52. The second-order valence-electron chi connectivity index (χ2n) is 8.12. The van der Waals surface area contributed by atoms with Crippen LogP contribution in [0.5, 0.6) is 0 Å². The van der Waals surface area contributed by atoms with Crippen LogP contribution >= 0.6 is 0 Å². The van der Waals surface area contributed by atoms with E-state index in [1.165, 1.54) is 24.0 Å². The second-order valence-corrected chi connectivity index (χ2v) is 8.12. The fraction of sp³-hybridized carbons (Fsp3) is 0.478. The molecule has 1 atom stereocenters. The van der Waals surface area contributed by atoms with E-state index in [-0.39, 0.29) is 5.91 Å². The molecule has 1 saturated heterocycles. The number of likely N-dealkylation sites (N-methyl/N-ethyl adjacent to an activating group) is 1. The number of nitrogens with zero attached hydrogens (tertiary/aromatic N) is 4. The zero-order valence-electron chi connectivity index (χ0n) is 16.8. The van der Waals surface area contributed by atoms with E-state index in [1.54, 1.807) is 6.20 Å². The van der Waals surface area contributed by atoms with Gasteiger partial charge in [-0.2, -0.15) is 0 Å². The average Bonchev–Trinajstić information content (AvgIpc) is 2.74. The number of rotatable bonds is 5. The van der Waals surface area contributed by atoms with E-state index in [0.29, 0.717) is 12.6 Å². The van der Waals surface area contributed by atoms with Crippen LogP contribution in [0.4, 0.5) is 0 Å². The van der Waals surface area contributed by atoms with Crippen molar-refractivity contribution in [3.05, 3.63) is 65.5 Å². The highest BCUT2D eigenvalue weighted by Gasteiger charge is 2.28. The Morgan fingerprint density at radius 3 is 2.64 bits per heavy atom. The minimum absolute atomic E-state index is 0.236. The Labute approximate surface area is 168 Å². The first-order valence-electron chi connectivity index (χ1n) is 10.3. The van der Waals surface area contributed by atoms with Crippen molar-refractivity contribution < 1.29 is 4.79 Å². The molecule has 28 heavy (non-hydrogen) atoms. The molecule has 1 aromatic heterocycles. The van der Waals surface area contributed by atoms with Gasteiger partial charge < -0.3 is 4.90 Å². The Bertz CT molecular complexity index is 786. The third-order valence-electron chi connectivity index (χ3n) is 6.08. The van der Waals surface area contributed by atoms with E-state index in [1.807, 2.05) is 24.2 Å². The summed E-state index contributed by atoms with van der Waals surface area (Å²) in [6.45, 7) is 4.89. The lowest BCUT2D eigenvalue weighted by Crippen LogP contribution is -2.54. The summed E-state index contributed by atoms with van der Waals surface area (Å²) < 4.78 is 0. The van der Waals surface area contributed by atoms with Gasteiger partial charge in [-0.1, -0.05) is 30.3 Å². The average molecular weight is 379 g/mol. The quantitative estimate of drug-likeness (QED) is 0.800. The maximum atomic E-state index is 12.7. The molecule has 2 aromatic rings. The van der Waals surface area contributed by atoms with Gasteiger partial charge in [-0.25, -0.2) is 0 Å². The van der Waals surface area contributed by atoms with E-state index >= 15 is 0 Å². The minimum atomic E-state index is 0.236. The van der Waals surface area contributed by atoms with Crippen molar-refractivity contribution in [2.75, 3.05) is 39.8 Å². The lowest BCUT2D eigenvalue weighted by molar-refractivity contribution is -0.134. The van der Waals surface area contributed by atoms with Crippen LogP contribution in [0, 0.1) is 0 Å². The zero-order chi connectivity index (χ0) is 19.3. The first-order valence-corrected chi connectivity index (χ1v) is 10.3. The van der Waals surface area contributed by atoms with Crippen LogP contribution in [0.1, 0.15) is 23.1 Å². The molecule has 0 bridgehead atoms. The molecule has 2 heterocycles. The molecule has 1 aliphatic carbocycles. The van der Waals surface area contributed by atoms with Crippen LogP contribution in [-0.2, 0) is 24.2 Å². The molecule has 1 fully saturated rings. The number of hydrogen-bond donors (Lipinski definition) is 0. The number of aromatic nitrogens is 1. The SMILES string of the molecule is CN(CC(=O)N1CCN([C@@H]2CCc3ccccc3C2)CC1)Cc1cccnc1. The summed E-state index contributed by atoms with van der Waals surface area (Å²) in [5.41, 5.74) is 4.17. The molecule has 1 amide bonds. The van der Waals surface area contributed by atoms with E-state index in [0.717, 1.165) is 44.7 Å². The normalized spacial score (nSPS) is 20.2. The topological polar surface area (TPSA) is 39.7 Å². The van der Waals surface area contributed by atoms with Gasteiger partial charge in [-0.3, -0.25) is 19.6 Å². The van der Waals surface area contributed by atoms with Crippen molar-refractivity contribution in [2.24, 2.45) is 0 Å². The van der Waals surface area contributed by atoms with Gasteiger partial charge in [0.15, 0.2) is 0 Å². The molecule has 0 spiro atoms. The predicted molar refractivity (Wildman–Crippen MR) is 111 cm³/mol. The number of amides is 1. The zero-order valence-corrected chi connectivity index (χ0v) is 16.8. The summed E-state index contributed by atoms with van der Waals surface area (Å²) in [6.07, 6.45) is 7.21. The van der Waals surface area contributed by atoms with Crippen LogP contribution in [0.25, 0.3) is 0 Å². The largest absolute Gasteiger partial charge is 0.339 e. The molecule has 4 rings (SSSR count). The van der Waals surface area contributed by atoms with Crippen molar-refractivity contribution in [3.8, 4) is 0 Å². The molecule has 5 nitrogen and oxygen atoms in total. The van der Waals surface area contributed by atoms with E-state index in [2.05, 4.69) is 45.1 Å². The summed E-state index contributed by atoms with van der Waals surface area (Å²) >= 11 is 0. The van der Waals surface area contributed by atoms with Crippen LogP contribution < -0.4 is 0 Å². The van der Waals surface area contributed by atoms with Crippen molar-refractivity contribution in [1.29, 1.82) is 0 Å². The Kier molecular flexibility index (Phi) is 6.03. The molecular weight excluding hydrogens is 348 g/mol. The molecule has 0 N–H and O–H groups in total. The first-order chi connectivity index (χ1) is 13.7. The number of carbonyl (C=O) groups is 1. The number of hydrogen-bond acceptors (Lipinski definition) is 4. The van der Waals surface area contributed by atoms with E-state index in [4.69, 9.17) is 0 Å². The Morgan fingerprint density at radius 1 is 1.11 bits per heavy atom. The summed E-state index contributed by atoms with van der Waals surface area (Å²) in [5, 5.41) is 0. The highest BCUT2D eigenvalue weighted by molar-refractivity contribution is 5.78. The third kappa shape index (κ3) is 4.59. The van der Waals surface area contributed by atoms with Gasteiger partial charge in [0, 0.05) is 51.2 Å². The number of carbonyl (C=O) groups excluding carboxylic acids is 1. The number of fused-ring (bicyclic) bond motifs is 1. The fourth-order valence-electron chi connectivity index (χ4n) is 4.52. The highest BCUT2D eigenvalue weighted by atomic mass is 16.2. The van der Waals surface area contributed by atoms with E-state index < -0.39 is 0 Å². The second kappa shape index (κ2) is 8.84. The summed E-state index contributed by atoms with van der Waals surface area (Å²) in [7, 11) is 2.00. The Hall–Kier alpha value is -2.24. The summed E-state index contributed by atoms with van der Waals surface area (Å²) in [6, 6.07) is 13.5. The lowest BCUT2D eigenvalue weighted by atomic mass is 9.87. The number of piperazine rings is 1. The molecule has 0 saturated carbocycles. The van der Waals surface area contributed by atoms with Gasteiger partial charge in [0.05, 0.1) is 6.54 Å². The lowest BCUT2D eigenvalue weighted by Gasteiger charge is -2.41. The molecule has 0 radical (unpaired) electrons. The van der Waals surface area contributed by atoms with Gasteiger partial charge in [0.25, 0.3) is 0 Å². The molecule has 5 heteroatoms. The Morgan fingerprint density at radius 2 is 1.89 bits per heavy atom. The van der Waals surface area contributed by atoms with Gasteiger partial charge in [-0.05, 0) is 49.1 Å². The van der Waals surface area contributed by atoms with Crippen molar-refractivity contribution in [1.82, 2.24) is 19.7 Å². The van der Waals surface area contributed by atoms with Crippen molar-refractivity contribution in [2.45, 2.75) is 31.8 Å². The maximum Gasteiger partial charge on any atom is 0.236 e. The number of pyridine rings is 1. The summed E-state index contributed by atoms with van der Waals surface area (Å²) in [5.74, 6) is 0.236. The van der Waals surface area contributed by atoms with Gasteiger partial charge >= 0.3 is 0 Å². The molecule has 0 unspecified atom stereocenters. The molecule has 2 aliphatic rings. The predicted octanol–water partition coefficient (Wildman–Crippen LogP) is 2.22. The standard InChI is InChI=1S/C23H30N4O/c1-25(17-19-5-4-10-24-16-19)18-23(28)27-13-11-26(12-14-27)22-9-8-20-6-2-3-7-21(20)15-22/h2-7,10,16,22H,8-9,11-15,17-18H2,1H3/t22-/m1/s1. The van der Waals surface area contributed by atoms with Gasteiger partial charge in [-0.15, -0.1) is 0 Å². The Balaban J connectivity index is 1.24. The van der Waals surface area contributed by atoms with Crippen LogP contribution in [0.2, 0.25) is 0 Å². The minimum Gasteiger partial charge on any atom is -0.339 e. The highest BCUT2D eigenvalue weighted by Crippen LogP contribution is 2.25. The molecule has 148 valence electrons. The third-order valence-corrected chi connectivity index (χ3v) is 6.08. The smallest absolute Gasteiger partial charge is 0.236 e. The molecular formula is C23H30N4O. The maximum absolute atomic E-state index is 12.7. The first kappa shape index (κ1) is 19.1. The van der Waals surface area contributed by atoms with Crippen molar-refractivity contribution >= 4 is 5.91 Å². The van der Waals surface area contributed by atoms with Gasteiger partial charge in [0.2, 0.25) is 5.91 Å². The van der Waals surface area contributed by atoms with Gasteiger partial charge in [0.1, 0.15) is 0 Å². The number of aryl methyl sites for hydroxylation is 1. The summed E-state index contributed by atoms with van der Waals surface area (Å²) in [4.78, 5) is 23.5. The van der Waals surface area contributed by atoms with Crippen LogP contribution in [0.15, 0.2) is 48.8 Å². The van der Waals surface area contributed by atoms with Crippen molar-refractivity contribution in [3.63, 3.8) is 0 Å². The monoisotopic (exact) mass is 378 g/mol.